The molecular weight excluding hydrogens is 376 g/mol. The van der Waals surface area contributed by atoms with E-state index >= 15 is 0 Å². The highest BCUT2D eigenvalue weighted by molar-refractivity contribution is 7.92. The lowest BCUT2D eigenvalue weighted by Gasteiger charge is -2.23. The molecule has 0 bridgehead atoms. The second-order valence-electron chi connectivity index (χ2n) is 5.54. The molecule has 0 saturated heterocycles. The molecule has 0 heterocycles. The first-order valence-corrected chi connectivity index (χ1v) is 10.3. The van der Waals surface area contributed by atoms with Crippen LogP contribution in [0.3, 0.4) is 0 Å². The number of para-hydroxylation sites is 1. The molecule has 8 heteroatoms. The number of hydrogen-bond donors (Lipinski definition) is 1. The molecule has 2 rings (SSSR count). The maximum absolute atomic E-state index is 12.2. The van der Waals surface area contributed by atoms with Crippen LogP contribution in [0.4, 0.5) is 11.4 Å². The molecule has 6 nitrogen and oxygen atoms in total. The third-order valence-electron chi connectivity index (χ3n) is 3.51. The molecule has 0 aromatic heterocycles. The first-order valence-electron chi connectivity index (χ1n) is 8.06. The van der Waals surface area contributed by atoms with Crippen LogP contribution in [-0.4, -0.2) is 33.7 Å². The summed E-state index contributed by atoms with van der Waals surface area (Å²) in [5.41, 5.74) is 0.965. The van der Waals surface area contributed by atoms with Crippen molar-refractivity contribution >= 4 is 38.9 Å². The van der Waals surface area contributed by atoms with Gasteiger partial charge in [-0.1, -0.05) is 23.7 Å². The number of anilines is 2. The van der Waals surface area contributed by atoms with Gasteiger partial charge in [-0.25, -0.2) is 8.42 Å². The van der Waals surface area contributed by atoms with Crippen LogP contribution in [0.2, 0.25) is 5.02 Å². The van der Waals surface area contributed by atoms with Gasteiger partial charge in [0.2, 0.25) is 15.9 Å². The first-order chi connectivity index (χ1) is 12.3. The van der Waals surface area contributed by atoms with Crippen LogP contribution in [-0.2, 0) is 14.8 Å². The topological polar surface area (TPSA) is 75.7 Å². The van der Waals surface area contributed by atoms with Gasteiger partial charge in [-0.3, -0.25) is 9.10 Å². The monoisotopic (exact) mass is 396 g/mol. The Labute approximate surface area is 158 Å². The fourth-order valence-electron chi connectivity index (χ4n) is 2.35. The Hall–Kier alpha value is -2.25. The van der Waals surface area contributed by atoms with Crippen molar-refractivity contribution in [2.75, 3.05) is 29.0 Å². The van der Waals surface area contributed by atoms with Gasteiger partial charge in [-0.2, -0.15) is 0 Å². The van der Waals surface area contributed by atoms with Crippen LogP contribution in [0.15, 0.2) is 48.5 Å². The fourth-order valence-corrected chi connectivity index (χ4v) is 3.57. The van der Waals surface area contributed by atoms with Crippen LogP contribution < -0.4 is 14.4 Å². The minimum Gasteiger partial charge on any atom is -0.494 e. The summed E-state index contributed by atoms with van der Waals surface area (Å²) >= 11 is 6.09. The lowest BCUT2D eigenvalue weighted by Crippen LogP contribution is -2.33. The Kier molecular flexibility index (Phi) is 6.88. The van der Waals surface area contributed by atoms with Crippen molar-refractivity contribution in [3.05, 3.63) is 53.6 Å². The average Bonchev–Trinajstić information content (AvgIpc) is 2.57. The van der Waals surface area contributed by atoms with Crippen LogP contribution in [0.1, 0.15) is 13.3 Å². The number of carbonyl (C=O) groups is 1. The van der Waals surface area contributed by atoms with Gasteiger partial charge >= 0.3 is 0 Å². The number of hydrogen-bond acceptors (Lipinski definition) is 4. The molecule has 0 aliphatic heterocycles. The molecule has 1 N–H and O–H groups in total. The molecule has 26 heavy (non-hydrogen) atoms. The third-order valence-corrected chi connectivity index (χ3v) is 5.01. The predicted octanol–water partition coefficient (Wildman–Crippen LogP) is 3.53. The molecule has 0 radical (unpaired) electrons. The number of ether oxygens (including phenoxy) is 1. The van der Waals surface area contributed by atoms with Crippen molar-refractivity contribution in [2.45, 2.75) is 13.3 Å². The SMILES string of the molecule is CCOc1ccc(NC(=O)CCN(c2ccccc2Cl)S(C)(=O)=O)cc1. The van der Waals surface area contributed by atoms with E-state index in [0.717, 1.165) is 10.6 Å². The first kappa shape index (κ1) is 20.1. The lowest BCUT2D eigenvalue weighted by atomic mass is 10.2. The van der Waals surface area contributed by atoms with Crippen molar-refractivity contribution in [1.82, 2.24) is 0 Å². The Morgan fingerprint density at radius 3 is 2.38 bits per heavy atom. The van der Waals surface area contributed by atoms with E-state index < -0.39 is 10.0 Å². The lowest BCUT2D eigenvalue weighted by molar-refractivity contribution is -0.116. The molecule has 1 amide bonds. The number of rotatable bonds is 8. The standard InChI is InChI=1S/C18H21ClN2O4S/c1-3-25-15-10-8-14(9-11-15)20-18(22)12-13-21(26(2,23)24)17-7-5-4-6-16(17)19/h4-11H,3,12-13H2,1-2H3,(H,20,22). The second-order valence-corrected chi connectivity index (χ2v) is 7.86. The molecule has 0 aliphatic carbocycles. The summed E-state index contributed by atoms with van der Waals surface area (Å²) in [5, 5.41) is 3.05. The van der Waals surface area contributed by atoms with Crippen molar-refractivity contribution < 1.29 is 17.9 Å². The average molecular weight is 397 g/mol. The van der Waals surface area contributed by atoms with Gasteiger partial charge in [0.25, 0.3) is 0 Å². The van der Waals surface area contributed by atoms with Crippen LogP contribution in [0, 0.1) is 0 Å². The van der Waals surface area contributed by atoms with Crippen LogP contribution in [0.5, 0.6) is 5.75 Å². The third kappa shape index (κ3) is 5.64. The molecule has 140 valence electrons. The van der Waals surface area contributed by atoms with Gasteiger partial charge in [-0.05, 0) is 43.3 Å². The second kappa shape index (κ2) is 8.91. The minimum atomic E-state index is -3.57. The Morgan fingerprint density at radius 1 is 1.15 bits per heavy atom. The normalized spacial score (nSPS) is 11.0. The van der Waals surface area contributed by atoms with E-state index in [4.69, 9.17) is 16.3 Å². The number of halogens is 1. The zero-order valence-electron chi connectivity index (χ0n) is 14.6. The predicted molar refractivity (Wildman–Crippen MR) is 104 cm³/mol. The van der Waals surface area contributed by atoms with E-state index in [1.165, 1.54) is 0 Å². The Bertz CT molecular complexity index is 854. The molecule has 0 fully saturated rings. The van der Waals surface area contributed by atoms with E-state index in [2.05, 4.69) is 5.32 Å². The molecule has 2 aromatic carbocycles. The molecular formula is C18H21ClN2O4S. The van der Waals surface area contributed by atoms with Gasteiger partial charge in [0.05, 0.1) is 23.6 Å². The Balaban J connectivity index is 2.02. The van der Waals surface area contributed by atoms with Crippen molar-refractivity contribution in [2.24, 2.45) is 0 Å². The van der Waals surface area contributed by atoms with Gasteiger partial charge in [0.15, 0.2) is 0 Å². The van der Waals surface area contributed by atoms with Crippen molar-refractivity contribution in [3.63, 3.8) is 0 Å². The molecule has 0 unspecified atom stereocenters. The largest absolute Gasteiger partial charge is 0.494 e. The van der Waals surface area contributed by atoms with E-state index in [1.54, 1.807) is 48.5 Å². The molecule has 0 aliphatic rings. The number of carbonyl (C=O) groups excluding carboxylic acids is 1. The number of amides is 1. The molecule has 2 aromatic rings. The van der Waals surface area contributed by atoms with E-state index in [9.17, 15) is 13.2 Å². The van der Waals surface area contributed by atoms with Crippen molar-refractivity contribution in [3.8, 4) is 5.75 Å². The zero-order valence-corrected chi connectivity index (χ0v) is 16.2. The number of benzene rings is 2. The van der Waals surface area contributed by atoms with Crippen LogP contribution >= 0.6 is 11.6 Å². The summed E-state index contributed by atoms with van der Waals surface area (Å²) in [6.07, 6.45) is 1.08. The summed E-state index contributed by atoms with van der Waals surface area (Å²) in [5.74, 6) is 0.419. The number of sulfonamides is 1. The summed E-state index contributed by atoms with van der Waals surface area (Å²) in [7, 11) is -3.57. The fraction of sp³-hybridized carbons (Fsp3) is 0.278. The summed E-state index contributed by atoms with van der Waals surface area (Å²) < 4.78 is 30.6. The minimum absolute atomic E-state index is 0.00843. The summed E-state index contributed by atoms with van der Waals surface area (Å²) in [6, 6.07) is 13.6. The highest BCUT2D eigenvalue weighted by atomic mass is 35.5. The molecule has 0 spiro atoms. The van der Waals surface area contributed by atoms with Gasteiger partial charge in [-0.15, -0.1) is 0 Å². The smallest absolute Gasteiger partial charge is 0.232 e. The summed E-state index contributed by atoms with van der Waals surface area (Å²) in [4.78, 5) is 12.2. The number of nitrogens with one attached hydrogen (secondary N) is 1. The zero-order chi connectivity index (χ0) is 19.2. The quantitative estimate of drug-likeness (QED) is 0.740. The summed E-state index contributed by atoms with van der Waals surface area (Å²) in [6.45, 7) is 2.45. The van der Waals surface area contributed by atoms with E-state index in [1.807, 2.05) is 6.92 Å². The van der Waals surface area contributed by atoms with Crippen molar-refractivity contribution in [1.29, 1.82) is 0 Å². The van der Waals surface area contributed by atoms with Gasteiger partial charge < -0.3 is 10.1 Å². The molecule has 0 atom stereocenters. The van der Waals surface area contributed by atoms with Gasteiger partial charge in [0, 0.05) is 18.7 Å². The number of nitrogens with zero attached hydrogens (tertiary/aromatic N) is 1. The molecule has 0 saturated carbocycles. The maximum atomic E-state index is 12.2. The van der Waals surface area contributed by atoms with Gasteiger partial charge in [0.1, 0.15) is 5.75 Å². The maximum Gasteiger partial charge on any atom is 0.232 e. The Morgan fingerprint density at radius 2 is 1.81 bits per heavy atom. The van der Waals surface area contributed by atoms with E-state index in [-0.39, 0.29) is 18.9 Å². The van der Waals surface area contributed by atoms with E-state index in [0.29, 0.717) is 28.8 Å². The van der Waals surface area contributed by atoms with Crippen LogP contribution in [0.25, 0.3) is 0 Å². The highest BCUT2D eigenvalue weighted by Gasteiger charge is 2.20. The highest BCUT2D eigenvalue weighted by Crippen LogP contribution is 2.27.